The minimum atomic E-state index is -3.58. The summed E-state index contributed by atoms with van der Waals surface area (Å²) in [5.74, 6) is -1.35. The van der Waals surface area contributed by atoms with Crippen molar-refractivity contribution in [3.8, 4) is 5.75 Å². The van der Waals surface area contributed by atoms with E-state index in [0.717, 1.165) is 25.5 Å². The molecule has 2 N–H and O–H groups in total. The fourth-order valence-corrected chi connectivity index (χ4v) is 1.81. The van der Waals surface area contributed by atoms with E-state index in [0.29, 0.717) is 0 Å². The molecule has 1 rings (SSSR count). The lowest BCUT2D eigenvalue weighted by Crippen LogP contribution is -2.33. The maximum atomic E-state index is 13.5. The van der Waals surface area contributed by atoms with E-state index in [9.17, 15) is 12.8 Å². The zero-order valence-electron chi connectivity index (χ0n) is 8.64. The van der Waals surface area contributed by atoms with E-state index in [1.165, 1.54) is 0 Å². The molecule has 0 atom stereocenters. The first-order valence-electron chi connectivity index (χ1n) is 4.21. The predicted molar refractivity (Wildman–Crippen MR) is 55.9 cm³/mol. The zero-order valence-corrected chi connectivity index (χ0v) is 9.45. The van der Waals surface area contributed by atoms with Crippen LogP contribution in [0.1, 0.15) is 0 Å². The third-order valence-corrected chi connectivity index (χ3v) is 3.06. The molecule has 0 aliphatic carbocycles. The monoisotopic (exact) mass is 248 g/mol. The molecular weight excluding hydrogens is 238 g/mol. The molecular formula is C8H10BFO5S. The highest BCUT2D eigenvalue weighted by Gasteiger charge is 2.23. The molecule has 0 aliphatic heterocycles. The number of sulfone groups is 1. The Morgan fingerprint density at radius 2 is 1.94 bits per heavy atom. The van der Waals surface area contributed by atoms with Gasteiger partial charge in [0, 0.05) is 17.8 Å². The number of hydrogen-bond donors (Lipinski definition) is 2. The van der Waals surface area contributed by atoms with Crippen LogP contribution in [0.15, 0.2) is 17.0 Å². The summed E-state index contributed by atoms with van der Waals surface area (Å²) in [6.45, 7) is 0. The van der Waals surface area contributed by atoms with E-state index >= 15 is 0 Å². The van der Waals surface area contributed by atoms with E-state index in [1.54, 1.807) is 0 Å². The fraction of sp³-hybridized carbons (Fsp3) is 0.250. The third-order valence-electron chi connectivity index (χ3n) is 1.97. The smallest absolute Gasteiger partial charge is 0.491 e. The van der Waals surface area contributed by atoms with Gasteiger partial charge in [0.05, 0.1) is 12.0 Å². The molecule has 0 aliphatic rings. The lowest BCUT2D eigenvalue weighted by atomic mass is 9.80. The van der Waals surface area contributed by atoms with Crippen LogP contribution in [0.4, 0.5) is 4.39 Å². The van der Waals surface area contributed by atoms with Gasteiger partial charge >= 0.3 is 7.12 Å². The highest BCUT2D eigenvalue weighted by molar-refractivity contribution is 7.90. The van der Waals surface area contributed by atoms with Crippen LogP contribution in [0.5, 0.6) is 5.75 Å². The lowest BCUT2D eigenvalue weighted by Gasteiger charge is -2.09. The van der Waals surface area contributed by atoms with Crippen LogP contribution >= 0.6 is 0 Å². The molecule has 0 bridgehead atoms. The standard InChI is InChI=1S/C8H10BFO5S/c1-15-7-4-5(16(2,13)14)3-6(8(7)10)9(11)12/h3-4,11-12H,1-2H3. The number of ether oxygens (including phenoxy) is 1. The quantitative estimate of drug-likeness (QED) is 0.525. The highest BCUT2D eigenvalue weighted by Crippen LogP contribution is 2.20. The highest BCUT2D eigenvalue weighted by atomic mass is 32.2. The van der Waals surface area contributed by atoms with Gasteiger partial charge in [-0.15, -0.1) is 0 Å². The molecule has 0 saturated carbocycles. The summed E-state index contributed by atoms with van der Waals surface area (Å²) < 4.78 is 40.6. The molecule has 8 heteroatoms. The fourth-order valence-electron chi connectivity index (χ4n) is 1.14. The second kappa shape index (κ2) is 4.40. The number of hydrogen-bond acceptors (Lipinski definition) is 5. The van der Waals surface area contributed by atoms with Gasteiger partial charge in [-0.1, -0.05) is 0 Å². The van der Waals surface area contributed by atoms with Crippen molar-refractivity contribution in [3.05, 3.63) is 17.9 Å². The number of methoxy groups -OCH3 is 1. The SMILES string of the molecule is COc1cc(S(C)(=O)=O)cc(B(O)O)c1F. The molecule has 0 heterocycles. The molecule has 88 valence electrons. The van der Waals surface area contributed by atoms with Gasteiger partial charge in [-0.05, 0) is 6.07 Å². The molecule has 16 heavy (non-hydrogen) atoms. The summed E-state index contributed by atoms with van der Waals surface area (Å²) in [5, 5.41) is 17.8. The summed E-state index contributed by atoms with van der Waals surface area (Å²) in [6.07, 6.45) is 0.924. The average molecular weight is 248 g/mol. The zero-order chi connectivity index (χ0) is 12.5. The second-order valence-electron chi connectivity index (χ2n) is 3.17. The summed E-state index contributed by atoms with van der Waals surface area (Å²) in [7, 11) is -4.53. The largest absolute Gasteiger partial charge is 0.494 e. The van der Waals surface area contributed by atoms with Crippen molar-refractivity contribution in [2.45, 2.75) is 4.90 Å². The van der Waals surface area contributed by atoms with Crippen LogP contribution in [-0.4, -0.2) is 38.9 Å². The van der Waals surface area contributed by atoms with Crippen LogP contribution in [-0.2, 0) is 9.84 Å². The average Bonchev–Trinajstić information content (AvgIpc) is 2.15. The molecule has 5 nitrogen and oxygen atoms in total. The van der Waals surface area contributed by atoms with Crippen LogP contribution in [0, 0.1) is 5.82 Å². The molecule has 0 aromatic heterocycles. The van der Waals surface area contributed by atoms with E-state index < -0.39 is 28.2 Å². The molecule has 0 amide bonds. The first-order valence-corrected chi connectivity index (χ1v) is 6.10. The first-order chi connectivity index (χ1) is 7.27. The van der Waals surface area contributed by atoms with Crippen LogP contribution in [0.3, 0.4) is 0 Å². The Labute approximate surface area is 92.5 Å². The van der Waals surface area contributed by atoms with Gasteiger partial charge in [-0.25, -0.2) is 12.8 Å². The van der Waals surface area contributed by atoms with E-state index in [1.807, 2.05) is 0 Å². The minimum Gasteiger partial charge on any atom is -0.494 e. The molecule has 0 unspecified atom stereocenters. The Morgan fingerprint density at radius 1 is 1.38 bits per heavy atom. The van der Waals surface area contributed by atoms with E-state index in [4.69, 9.17) is 10.0 Å². The summed E-state index contributed by atoms with van der Waals surface area (Å²) in [5.41, 5.74) is -0.542. The van der Waals surface area contributed by atoms with Crippen LogP contribution < -0.4 is 10.2 Å². The van der Waals surface area contributed by atoms with Gasteiger partial charge < -0.3 is 14.8 Å². The molecule has 1 aromatic carbocycles. The topological polar surface area (TPSA) is 83.8 Å². The van der Waals surface area contributed by atoms with Gasteiger partial charge in [0.1, 0.15) is 0 Å². The normalized spacial score (nSPS) is 11.3. The van der Waals surface area contributed by atoms with Gasteiger partial charge in [-0.2, -0.15) is 0 Å². The maximum absolute atomic E-state index is 13.5. The Balaban J connectivity index is 3.53. The van der Waals surface area contributed by atoms with Gasteiger partial charge in [0.15, 0.2) is 21.4 Å². The van der Waals surface area contributed by atoms with Crippen molar-refractivity contribution in [2.75, 3.05) is 13.4 Å². The van der Waals surface area contributed by atoms with Crippen LogP contribution in [0.25, 0.3) is 0 Å². The molecule has 0 fully saturated rings. The number of halogens is 1. The maximum Gasteiger partial charge on any atom is 0.491 e. The molecule has 0 radical (unpaired) electrons. The van der Waals surface area contributed by atoms with Gasteiger partial charge in [0.2, 0.25) is 0 Å². The van der Waals surface area contributed by atoms with Crippen molar-refractivity contribution < 1.29 is 27.6 Å². The summed E-state index contributed by atoms with van der Waals surface area (Å²) in [4.78, 5) is -0.242. The Morgan fingerprint density at radius 3 is 2.31 bits per heavy atom. The third kappa shape index (κ3) is 2.52. The van der Waals surface area contributed by atoms with Gasteiger partial charge in [-0.3, -0.25) is 0 Å². The number of benzene rings is 1. The molecule has 0 spiro atoms. The van der Waals surface area contributed by atoms with Crippen molar-refractivity contribution in [1.82, 2.24) is 0 Å². The molecule has 0 saturated heterocycles. The Hall–Kier alpha value is -1.12. The van der Waals surface area contributed by atoms with Crippen LogP contribution in [0.2, 0.25) is 0 Å². The lowest BCUT2D eigenvalue weighted by molar-refractivity contribution is 0.382. The first kappa shape index (κ1) is 13.0. The molecule has 1 aromatic rings. The minimum absolute atomic E-state index is 0.242. The van der Waals surface area contributed by atoms with Crippen molar-refractivity contribution in [3.63, 3.8) is 0 Å². The second-order valence-corrected chi connectivity index (χ2v) is 5.19. The van der Waals surface area contributed by atoms with Crippen molar-refractivity contribution in [1.29, 1.82) is 0 Å². The predicted octanol–water partition coefficient (Wildman–Crippen LogP) is -1.08. The van der Waals surface area contributed by atoms with Gasteiger partial charge in [0.25, 0.3) is 0 Å². The van der Waals surface area contributed by atoms with Crippen molar-refractivity contribution >= 4 is 22.4 Å². The number of rotatable bonds is 3. The Bertz CT molecular complexity index is 499. The van der Waals surface area contributed by atoms with E-state index in [-0.39, 0.29) is 10.6 Å². The summed E-state index contributed by atoms with van der Waals surface area (Å²) in [6, 6.07) is 1.84. The van der Waals surface area contributed by atoms with Crippen molar-refractivity contribution in [2.24, 2.45) is 0 Å². The summed E-state index contributed by atoms with van der Waals surface area (Å²) >= 11 is 0. The Kier molecular flexibility index (Phi) is 3.56. The van der Waals surface area contributed by atoms with E-state index in [2.05, 4.69) is 4.74 Å².